The van der Waals surface area contributed by atoms with Crippen LogP contribution in [0.15, 0.2) is 18.2 Å². The zero-order valence-corrected chi connectivity index (χ0v) is 8.53. The van der Waals surface area contributed by atoms with Gasteiger partial charge in [0, 0.05) is 11.6 Å². The van der Waals surface area contributed by atoms with E-state index in [0.717, 1.165) is 12.1 Å². The van der Waals surface area contributed by atoms with Crippen molar-refractivity contribution < 1.29 is 23.7 Å². The van der Waals surface area contributed by atoms with Crippen LogP contribution in [0.2, 0.25) is 0 Å². The fourth-order valence-corrected chi connectivity index (χ4v) is 1.10. The molecule has 0 aliphatic heterocycles. The van der Waals surface area contributed by atoms with Crippen molar-refractivity contribution in [2.24, 2.45) is 5.73 Å². The molecule has 0 saturated carbocycles. The Morgan fingerprint density at radius 2 is 2.06 bits per heavy atom. The Labute approximate surface area is 91.5 Å². The molecule has 1 atom stereocenters. The Balaban J connectivity index is 2.37. The molecule has 0 aromatic heterocycles. The molecule has 0 aliphatic rings. The summed E-state index contributed by atoms with van der Waals surface area (Å²) < 4.78 is 30.7. The van der Waals surface area contributed by atoms with Crippen LogP contribution in [0.5, 0.6) is 0 Å². The van der Waals surface area contributed by atoms with E-state index >= 15 is 0 Å². The number of hydrogen-bond acceptors (Lipinski definition) is 4. The third-order valence-electron chi connectivity index (χ3n) is 1.89. The van der Waals surface area contributed by atoms with Crippen LogP contribution in [-0.4, -0.2) is 24.5 Å². The average Bonchev–Trinajstić information content (AvgIpc) is 2.22. The van der Waals surface area contributed by atoms with Crippen molar-refractivity contribution in [3.05, 3.63) is 35.4 Å². The summed E-state index contributed by atoms with van der Waals surface area (Å²) in [6.45, 7) is 0.0362. The van der Waals surface area contributed by atoms with E-state index in [9.17, 15) is 8.78 Å². The first-order chi connectivity index (χ1) is 7.63. The maximum Gasteiger partial charge on any atom is 0.131 e. The molecule has 1 rings (SSSR count). The first-order valence-electron chi connectivity index (χ1n) is 4.67. The highest BCUT2D eigenvalue weighted by Crippen LogP contribution is 2.10. The predicted molar refractivity (Wildman–Crippen MR) is 52.6 cm³/mol. The Morgan fingerprint density at radius 3 is 2.69 bits per heavy atom. The maximum absolute atomic E-state index is 13.1. The molecule has 0 radical (unpaired) electrons. The first-order valence-corrected chi connectivity index (χ1v) is 4.67. The van der Waals surface area contributed by atoms with Crippen LogP contribution in [0.4, 0.5) is 8.78 Å². The highest BCUT2D eigenvalue weighted by Gasteiger charge is 2.06. The minimum Gasteiger partial charge on any atom is -0.375 e. The Bertz CT molecular complexity index is 336. The Morgan fingerprint density at radius 1 is 1.31 bits per heavy atom. The maximum atomic E-state index is 13.1. The van der Waals surface area contributed by atoms with Gasteiger partial charge in [0.2, 0.25) is 0 Å². The van der Waals surface area contributed by atoms with E-state index in [-0.39, 0.29) is 25.4 Å². The van der Waals surface area contributed by atoms with Crippen molar-refractivity contribution in [1.29, 1.82) is 0 Å². The summed E-state index contributed by atoms with van der Waals surface area (Å²) >= 11 is 0. The number of ether oxygens (including phenoxy) is 1. The molecule has 1 unspecified atom stereocenters. The van der Waals surface area contributed by atoms with E-state index in [1.54, 1.807) is 0 Å². The lowest BCUT2D eigenvalue weighted by Gasteiger charge is -2.10. The van der Waals surface area contributed by atoms with E-state index in [4.69, 9.17) is 15.7 Å². The van der Waals surface area contributed by atoms with Crippen LogP contribution >= 0.6 is 0 Å². The van der Waals surface area contributed by atoms with Crippen LogP contribution in [0.3, 0.4) is 0 Å². The summed E-state index contributed by atoms with van der Waals surface area (Å²) in [5.41, 5.74) is 5.70. The molecule has 3 N–H and O–H groups in total. The smallest absolute Gasteiger partial charge is 0.131 e. The van der Waals surface area contributed by atoms with Crippen LogP contribution < -0.4 is 5.73 Å². The zero-order chi connectivity index (χ0) is 12.0. The molecular formula is C10H13F2NO3. The first kappa shape index (κ1) is 13.0. The zero-order valence-electron chi connectivity index (χ0n) is 8.53. The van der Waals surface area contributed by atoms with Crippen molar-refractivity contribution in [3.63, 3.8) is 0 Å². The Kier molecular flexibility index (Phi) is 5.27. The number of benzene rings is 1. The van der Waals surface area contributed by atoms with Gasteiger partial charge in [-0.25, -0.2) is 13.7 Å². The SMILES string of the molecule is NC(COO)COCc1ccc(F)cc1F. The van der Waals surface area contributed by atoms with Crippen molar-refractivity contribution in [2.75, 3.05) is 13.2 Å². The molecule has 1 aromatic carbocycles. The van der Waals surface area contributed by atoms with Gasteiger partial charge >= 0.3 is 0 Å². The molecule has 0 heterocycles. The molecule has 0 bridgehead atoms. The summed E-state index contributed by atoms with van der Waals surface area (Å²) in [7, 11) is 0. The standard InChI is InChI=1S/C10H13F2NO3/c11-8-2-1-7(10(12)3-8)4-15-5-9(13)6-16-14/h1-3,9,14H,4-6,13H2. The fourth-order valence-electron chi connectivity index (χ4n) is 1.10. The van der Waals surface area contributed by atoms with Gasteiger partial charge in [-0.1, -0.05) is 6.07 Å². The third kappa shape index (κ3) is 4.19. The topological polar surface area (TPSA) is 64.7 Å². The molecule has 0 fully saturated rings. The van der Waals surface area contributed by atoms with E-state index in [0.29, 0.717) is 0 Å². The molecule has 16 heavy (non-hydrogen) atoms. The van der Waals surface area contributed by atoms with Crippen molar-refractivity contribution in [2.45, 2.75) is 12.6 Å². The minimum atomic E-state index is -0.660. The van der Waals surface area contributed by atoms with Gasteiger partial charge in [0.05, 0.1) is 25.9 Å². The van der Waals surface area contributed by atoms with Crippen molar-refractivity contribution >= 4 is 0 Å². The van der Waals surface area contributed by atoms with Gasteiger partial charge in [-0.15, -0.1) is 0 Å². The van der Waals surface area contributed by atoms with E-state index in [1.165, 1.54) is 6.07 Å². The lowest BCUT2D eigenvalue weighted by atomic mass is 10.2. The van der Waals surface area contributed by atoms with Crippen LogP contribution in [0.25, 0.3) is 0 Å². The lowest BCUT2D eigenvalue weighted by molar-refractivity contribution is -0.246. The molecule has 4 nitrogen and oxygen atoms in total. The van der Waals surface area contributed by atoms with Gasteiger partial charge in [-0.05, 0) is 6.07 Å². The largest absolute Gasteiger partial charge is 0.375 e. The Hall–Kier alpha value is -1.08. The number of rotatable bonds is 6. The quantitative estimate of drug-likeness (QED) is 0.574. The van der Waals surface area contributed by atoms with Crippen LogP contribution in [-0.2, 0) is 16.2 Å². The molecule has 1 aromatic rings. The lowest BCUT2D eigenvalue weighted by Crippen LogP contribution is -2.31. The second-order valence-electron chi connectivity index (χ2n) is 3.31. The normalized spacial score (nSPS) is 12.8. The highest BCUT2D eigenvalue weighted by atomic mass is 19.1. The summed E-state index contributed by atoms with van der Waals surface area (Å²) in [6.07, 6.45) is 0. The summed E-state index contributed by atoms with van der Waals surface area (Å²) in [5.74, 6) is -1.29. The monoisotopic (exact) mass is 233 g/mol. The molecular weight excluding hydrogens is 220 g/mol. The number of nitrogens with two attached hydrogens (primary N) is 1. The minimum absolute atomic E-state index is 0.00869. The second-order valence-corrected chi connectivity index (χ2v) is 3.31. The van der Waals surface area contributed by atoms with Gasteiger partial charge in [0.15, 0.2) is 0 Å². The number of hydrogen-bond donors (Lipinski definition) is 2. The molecule has 90 valence electrons. The molecule has 0 aliphatic carbocycles. The van der Waals surface area contributed by atoms with Gasteiger partial charge < -0.3 is 10.5 Å². The molecule has 6 heteroatoms. The van der Waals surface area contributed by atoms with Gasteiger partial charge in [-0.3, -0.25) is 5.26 Å². The van der Waals surface area contributed by atoms with E-state index in [1.807, 2.05) is 0 Å². The van der Waals surface area contributed by atoms with Crippen molar-refractivity contribution in [3.8, 4) is 0 Å². The van der Waals surface area contributed by atoms with E-state index < -0.39 is 17.7 Å². The predicted octanol–water partition coefficient (Wildman–Crippen LogP) is 1.30. The summed E-state index contributed by atoms with van der Waals surface area (Å²) in [4.78, 5) is 3.82. The van der Waals surface area contributed by atoms with Crippen molar-refractivity contribution in [1.82, 2.24) is 0 Å². The number of halogens is 2. The summed E-state index contributed by atoms with van der Waals surface area (Å²) in [5, 5.41) is 8.09. The second kappa shape index (κ2) is 6.49. The molecule has 0 amide bonds. The average molecular weight is 233 g/mol. The van der Waals surface area contributed by atoms with Gasteiger partial charge in [0.25, 0.3) is 0 Å². The van der Waals surface area contributed by atoms with Crippen LogP contribution in [0, 0.1) is 11.6 Å². The highest BCUT2D eigenvalue weighted by molar-refractivity contribution is 5.17. The fraction of sp³-hybridized carbons (Fsp3) is 0.400. The van der Waals surface area contributed by atoms with E-state index in [2.05, 4.69) is 4.89 Å². The summed E-state index contributed by atoms with van der Waals surface area (Å²) in [6, 6.07) is 2.75. The van der Waals surface area contributed by atoms with Crippen LogP contribution in [0.1, 0.15) is 5.56 Å². The van der Waals surface area contributed by atoms with Gasteiger partial charge in [0.1, 0.15) is 11.6 Å². The molecule has 0 spiro atoms. The molecule has 0 saturated heterocycles. The third-order valence-corrected chi connectivity index (χ3v) is 1.89. The van der Waals surface area contributed by atoms with Gasteiger partial charge in [-0.2, -0.15) is 0 Å².